The van der Waals surface area contributed by atoms with E-state index >= 15 is 0 Å². The molecule has 0 aromatic carbocycles. The van der Waals surface area contributed by atoms with E-state index in [4.69, 9.17) is 5.73 Å². The van der Waals surface area contributed by atoms with E-state index in [2.05, 4.69) is 46.6 Å². The van der Waals surface area contributed by atoms with Gasteiger partial charge >= 0.3 is 0 Å². The van der Waals surface area contributed by atoms with Crippen LogP contribution in [0.1, 0.15) is 66.7 Å². The zero-order chi connectivity index (χ0) is 15.3. The third-order valence-corrected chi connectivity index (χ3v) is 5.34. The molecule has 0 aliphatic heterocycles. The third kappa shape index (κ3) is 6.13. The molecular weight excluding hydrogens is 244 g/mol. The summed E-state index contributed by atoms with van der Waals surface area (Å²) < 4.78 is 0. The first-order chi connectivity index (χ1) is 9.20. The van der Waals surface area contributed by atoms with Crippen LogP contribution in [0, 0.1) is 23.2 Å². The highest BCUT2D eigenvalue weighted by Gasteiger charge is 2.29. The zero-order valence-corrected chi connectivity index (χ0v) is 14.8. The molecule has 2 nitrogen and oxygen atoms in total. The molecule has 0 bridgehead atoms. The Kier molecular flexibility index (Phi) is 7.00. The van der Waals surface area contributed by atoms with Gasteiger partial charge in [0.25, 0.3) is 0 Å². The summed E-state index contributed by atoms with van der Waals surface area (Å²) in [4.78, 5) is 2.50. The van der Waals surface area contributed by atoms with Crippen molar-refractivity contribution in [1.29, 1.82) is 0 Å². The molecule has 0 saturated heterocycles. The molecule has 1 fully saturated rings. The summed E-state index contributed by atoms with van der Waals surface area (Å²) in [6.07, 6.45) is 6.82. The lowest BCUT2D eigenvalue weighted by molar-refractivity contribution is 0.130. The topological polar surface area (TPSA) is 29.3 Å². The van der Waals surface area contributed by atoms with Gasteiger partial charge in [-0.15, -0.1) is 0 Å². The van der Waals surface area contributed by atoms with Gasteiger partial charge in [-0.3, -0.25) is 0 Å². The Labute approximate surface area is 127 Å². The fraction of sp³-hybridized carbons (Fsp3) is 1.00. The lowest BCUT2D eigenvalue weighted by Crippen LogP contribution is -2.35. The highest BCUT2D eigenvalue weighted by atomic mass is 15.1. The van der Waals surface area contributed by atoms with Crippen LogP contribution in [0.3, 0.4) is 0 Å². The van der Waals surface area contributed by atoms with E-state index < -0.39 is 0 Å². The monoisotopic (exact) mass is 282 g/mol. The summed E-state index contributed by atoms with van der Waals surface area (Å²) >= 11 is 0. The Balaban J connectivity index is 2.23. The number of hydrogen-bond donors (Lipinski definition) is 1. The maximum atomic E-state index is 6.14. The molecule has 20 heavy (non-hydrogen) atoms. The molecule has 0 heterocycles. The van der Waals surface area contributed by atoms with Gasteiger partial charge in [0.05, 0.1) is 0 Å². The summed E-state index contributed by atoms with van der Waals surface area (Å²) in [6.45, 7) is 14.1. The second kappa shape index (κ2) is 7.79. The Morgan fingerprint density at radius 1 is 1.10 bits per heavy atom. The lowest BCUT2D eigenvalue weighted by Gasteiger charge is -2.38. The molecule has 2 heteroatoms. The molecule has 1 rings (SSSR count). The van der Waals surface area contributed by atoms with Crippen LogP contribution in [-0.4, -0.2) is 31.1 Å². The second-order valence-corrected chi connectivity index (χ2v) is 8.54. The first kappa shape index (κ1) is 18.0. The van der Waals surface area contributed by atoms with Gasteiger partial charge in [-0.1, -0.05) is 34.6 Å². The van der Waals surface area contributed by atoms with Gasteiger partial charge in [-0.25, -0.2) is 0 Å². The number of rotatable bonds is 6. The average Bonchev–Trinajstić information content (AvgIpc) is 2.35. The number of nitrogens with two attached hydrogens (primary N) is 1. The second-order valence-electron chi connectivity index (χ2n) is 8.54. The van der Waals surface area contributed by atoms with E-state index in [0.29, 0.717) is 17.4 Å². The van der Waals surface area contributed by atoms with Gasteiger partial charge in [-0.2, -0.15) is 0 Å². The van der Waals surface area contributed by atoms with Gasteiger partial charge in [0.1, 0.15) is 0 Å². The van der Waals surface area contributed by atoms with Crippen LogP contribution in [0.4, 0.5) is 0 Å². The van der Waals surface area contributed by atoms with E-state index in [-0.39, 0.29) is 0 Å². The Bertz CT molecular complexity index is 259. The van der Waals surface area contributed by atoms with Crippen molar-refractivity contribution in [3.63, 3.8) is 0 Å². The maximum absolute atomic E-state index is 6.14. The minimum Gasteiger partial charge on any atom is -0.327 e. The van der Waals surface area contributed by atoms with Crippen molar-refractivity contribution in [2.45, 2.75) is 72.8 Å². The molecule has 0 aromatic rings. The van der Waals surface area contributed by atoms with Crippen molar-refractivity contribution in [2.75, 3.05) is 20.1 Å². The van der Waals surface area contributed by atoms with Crippen molar-refractivity contribution < 1.29 is 0 Å². The van der Waals surface area contributed by atoms with E-state index in [0.717, 1.165) is 24.8 Å². The first-order valence-electron chi connectivity index (χ1n) is 8.64. The summed E-state index contributed by atoms with van der Waals surface area (Å²) in [5.41, 5.74) is 6.64. The Morgan fingerprint density at radius 2 is 1.65 bits per heavy atom. The normalized spacial score (nSPS) is 26.2. The van der Waals surface area contributed by atoms with Crippen LogP contribution in [0.15, 0.2) is 0 Å². The van der Waals surface area contributed by atoms with Crippen molar-refractivity contribution >= 4 is 0 Å². The lowest BCUT2D eigenvalue weighted by atomic mass is 9.70. The van der Waals surface area contributed by atoms with Crippen LogP contribution in [0.2, 0.25) is 0 Å². The van der Waals surface area contributed by atoms with Gasteiger partial charge in [0.2, 0.25) is 0 Å². The molecule has 0 aromatic heterocycles. The SMILES string of the molecule is CC(C)C(N)CCN(C)CC1CCC(C(C)(C)C)CC1. The molecule has 2 N–H and O–H groups in total. The van der Waals surface area contributed by atoms with Crippen LogP contribution >= 0.6 is 0 Å². The highest BCUT2D eigenvalue weighted by Crippen LogP contribution is 2.39. The van der Waals surface area contributed by atoms with Crippen molar-refractivity contribution in [1.82, 2.24) is 4.90 Å². The van der Waals surface area contributed by atoms with E-state index in [1.807, 2.05) is 0 Å². The molecule has 1 saturated carbocycles. The molecule has 1 atom stereocenters. The molecule has 120 valence electrons. The summed E-state index contributed by atoms with van der Waals surface area (Å²) in [5.74, 6) is 2.44. The van der Waals surface area contributed by atoms with Gasteiger partial charge in [0.15, 0.2) is 0 Å². The average molecular weight is 283 g/mol. The molecular formula is C18H38N2. The maximum Gasteiger partial charge on any atom is 0.00740 e. The molecule has 1 aliphatic carbocycles. The number of hydrogen-bond acceptors (Lipinski definition) is 2. The van der Waals surface area contributed by atoms with Crippen molar-refractivity contribution in [3.8, 4) is 0 Å². The quantitative estimate of drug-likeness (QED) is 0.793. The fourth-order valence-electron chi connectivity index (χ4n) is 3.45. The van der Waals surface area contributed by atoms with Crippen LogP contribution in [-0.2, 0) is 0 Å². The summed E-state index contributed by atoms with van der Waals surface area (Å²) in [6, 6.07) is 0.356. The zero-order valence-electron chi connectivity index (χ0n) is 14.8. The largest absolute Gasteiger partial charge is 0.327 e. The molecule has 1 aliphatic rings. The third-order valence-electron chi connectivity index (χ3n) is 5.34. The Hall–Kier alpha value is -0.0800. The Morgan fingerprint density at radius 3 is 2.10 bits per heavy atom. The van der Waals surface area contributed by atoms with E-state index in [9.17, 15) is 0 Å². The van der Waals surface area contributed by atoms with Gasteiger partial charge in [-0.05, 0) is 68.9 Å². The number of nitrogens with zero attached hydrogens (tertiary/aromatic N) is 1. The van der Waals surface area contributed by atoms with E-state index in [1.165, 1.54) is 32.2 Å². The molecule has 0 radical (unpaired) electrons. The van der Waals surface area contributed by atoms with Crippen LogP contribution < -0.4 is 5.73 Å². The van der Waals surface area contributed by atoms with Crippen LogP contribution in [0.25, 0.3) is 0 Å². The smallest absolute Gasteiger partial charge is 0.00740 e. The fourth-order valence-corrected chi connectivity index (χ4v) is 3.45. The van der Waals surface area contributed by atoms with E-state index in [1.54, 1.807) is 0 Å². The standard InChI is InChI=1S/C18H38N2/c1-14(2)17(19)11-12-20(6)13-15-7-9-16(10-8-15)18(3,4)5/h14-17H,7-13,19H2,1-6H3. The minimum absolute atomic E-state index is 0.356. The van der Waals surface area contributed by atoms with Gasteiger partial charge in [0, 0.05) is 12.6 Å². The molecule has 0 spiro atoms. The summed E-state index contributed by atoms with van der Waals surface area (Å²) in [7, 11) is 2.27. The molecule has 0 amide bonds. The van der Waals surface area contributed by atoms with Gasteiger partial charge < -0.3 is 10.6 Å². The highest BCUT2D eigenvalue weighted by molar-refractivity contribution is 4.81. The predicted octanol–water partition coefficient (Wildman–Crippen LogP) is 4.14. The van der Waals surface area contributed by atoms with Crippen LogP contribution in [0.5, 0.6) is 0 Å². The predicted molar refractivity (Wildman–Crippen MR) is 89.8 cm³/mol. The minimum atomic E-state index is 0.356. The first-order valence-corrected chi connectivity index (χ1v) is 8.64. The van der Waals surface area contributed by atoms with Crippen molar-refractivity contribution in [3.05, 3.63) is 0 Å². The summed E-state index contributed by atoms with van der Waals surface area (Å²) in [5, 5.41) is 0. The van der Waals surface area contributed by atoms with Crippen molar-refractivity contribution in [2.24, 2.45) is 28.9 Å². The molecule has 1 unspecified atom stereocenters.